The van der Waals surface area contributed by atoms with E-state index in [2.05, 4.69) is 5.32 Å². The molecule has 1 aliphatic heterocycles. The molecular formula is C18H20N2O3S. The summed E-state index contributed by atoms with van der Waals surface area (Å²) in [5.41, 5.74) is 3.59. The predicted octanol–water partition coefficient (Wildman–Crippen LogP) is 2.03. The largest absolute Gasteiger partial charge is 0.348 e. The Hall–Kier alpha value is -1.95. The molecule has 1 atom stereocenters. The smallest absolute Gasteiger partial charge is 0.252 e. The summed E-state index contributed by atoms with van der Waals surface area (Å²) in [7, 11) is -3.01. The molecule has 1 aliphatic carbocycles. The zero-order valence-corrected chi connectivity index (χ0v) is 14.2. The maximum absolute atomic E-state index is 13.0. The summed E-state index contributed by atoms with van der Waals surface area (Å²) in [5.74, 6) is 0.0470. The Balaban J connectivity index is 1.76. The molecule has 1 aromatic heterocycles. The van der Waals surface area contributed by atoms with E-state index in [-0.39, 0.29) is 23.5 Å². The number of carbonyl (C=O) groups is 1. The summed E-state index contributed by atoms with van der Waals surface area (Å²) in [4.78, 5) is 17.7. The molecule has 1 amide bonds. The minimum absolute atomic E-state index is 0.0456. The van der Waals surface area contributed by atoms with E-state index in [9.17, 15) is 13.2 Å². The molecule has 24 heavy (non-hydrogen) atoms. The summed E-state index contributed by atoms with van der Waals surface area (Å²) < 4.78 is 23.3. The fraction of sp³-hybridized carbons (Fsp3) is 0.444. The van der Waals surface area contributed by atoms with Gasteiger partial charge in [-0.05, 0) is 43.7 Å². The monoisotopic (exact) mass is 344 g/mol. The van der Waals surface area contributed by atoms with Crippen LogP contribution in [0.25, 0.3) is 10.9 Å². The minimum Gasteiger partial charge on any atom is -0.348 e. The molecule has 1 saturated heterocycles. The molecule has 0 radical (unpaired) electrons. The predicted molar refractivity (Wildman–Crippen MR) is 92.9 cm³/mol. The molecule has 1 fully saturated rings. The first-order chi connectivity index (χ1) is 11.5. The van der Waals surface area contributed by atoms with Gasteiger partial charge in [0.1, 0.15) is 0 Å². The molecule has 1 N–H and O–H groups in total. The highest BCUT2D eigenvalue weighted by Gasteiger charge is 2.30. The first-order valence-corrected chi connectivity index (χ1v) is 10.3. The molecule has 0 saturated carbocycles. The highest BCUT2D eigenvalue weighted by molar-refractivity contribution is 7.91. The molecule has 6 heteroatoms. The second-order valence-corrected chi connectivity index (χ2v) is 8.94. The van der Waals surface area contributed by atoms with Crippen LogP contribution in [0.1, 0.15) is 40.9 Å². The fourth-order valence-corrected chi connectivity index (χ4v) is 5.47. The van der Waals surface area contributed by atoms with Gasteiger partial charge in [0.15, 0.2) is 9.84 Å². The van der Waals surface area contributed by atoms with Gasteiger partial charge in [-0.3, -0.25) is 9.78 Å². The maximum atomic E-state index is 13.0. The van der Waals surface area contributed by atoms with Crippen LogP contribution in [0.15, 0.2) is 24.3 Å². The molecule has 5 nitrogen and oxygen atoms in total. The summed E-state index contributed by atoms with van der Waals surface area (Å²) >= 11 is 0. The average molecular weight is 344 g/mol. The Morgan fingerprint density at radius 2 is 1.96 bits per heavy atom. The topological polar surface area (TPSA) is 76.1 Å². The Kier molecular flexibility index (Phi) is 3.79. The third kappa shape index (κ3) is 2.79. The van der Waals surface area contributed by atoms with Gasteiger partial charge < -0.3 is 5.32 Å². The van der Waals surface area contributed by atoms with Gasteiger partial charge in [0.05, 0.1) is 22.6 Å². The highest BCUT2D eigenvalue weighted by Crippen LogP contribution is 2.29. The van der Waals surface area contributed by atoms with Gasteiger partial charge >= 0.3 is 0 Å². The van der Waals surface area contributed by atoms with Crippen molar-refractivity contribution in [2.45, 2.75) is 38.1 Å². The maximum Gasteiger partial charge on any atom is 0.252 e. The molecule has 2 aliphatic rings. The van der Waals surface area contributed by atoms with E-state index in [1.807, 2.05) is 24.3 Å². The van der Waals surface area contributed by atoms with Crippen LogP contribution in [0.4, 0.5) is 0 Å². The summed E-state index contributed by atoms with van der Waals surface area (Å²) in [6.45, 7) is 0. The van der Waals surface area contributed by atoms with Gasteiger partial charge in [-0.15, -0.1) is 0 Å². The van der Waals surface area contributed by atoms with Crippen LogP contribution in [0, 0.1) is 0 Å². The van der Waals surface area contributed by atoms with Crippen LogP contribution in [-0.2, 0) is 22.7 Å². The Bertz CT molecular complexity index is 921. The number of carbonyl (C=O) groups excluding carboxylic acids is 1. The van der Waals surface area contributed by atoms with Crippen LogP contribution >= 0.6 is 0 Å². The molecule has 0 bridgehead atoms. The van der Waals surface area contributed by atoms with Crippen molar-refractivity contribution >= 4 is 26.6 Å². The van der Waals surface area contributed by atoms with Gasteiger partial charge in [0, 0.05) is 17.1 Å². The Morgan fingerprint density at radius 3 is 2.75 bits per heavy atom. The number of rotatable bonds is 2. The van der Waals surface area contributed by atoms with Gasteiger partial charge in [-0.25, -0.2) is 8.42 Å². The highest BCUT2D eigenvalue weighted by atomic mass is 32.2. The van der Waals surface area contributed by atoms with Crippen LogP contribution in [-0.4, -0.2) is 36.9 Å². The second kappa shape index (κ2) is 5.84. The molecule has 1 unspecified atom stereocenters. The van der Waals surface area contributed by atoms with E-state index in [0.717, 1.165) is 47.8 Å². The number of hydrogen-bond acceptors (Lipinski definition) is 4. The van der Waals surface area contributed by atoms with E-state index in [0.29, 0.717) is 12.0 Å². The third-order valence-electron chi connectivity index (χ3n) is 4.96. The number of benzene rings is 1. The normalized spacial score (nSPS) is 22.2. The van der Waals surface area contributed by atoms with E-state index >= 15 is 0 Å². The van der Waals surface area contributed by atoms with Crippen molar-refractivity contribution in [1.29, 1.82) is 0 Å². The number of fused-ring (bicyclic) bond motifs is 2. The molecule has 2 aromatic rings. The lowest BCUT2D eigenvalue weighted by molar-refractivity contribution is 0.0941. The molecule has 4 rings (SSSR count). The number of amides is 1. The van der Waals surface area contributed by atoms with Gasteiger partial charge in [0.2, 0.25) is 0 Å². The number of aryl methyl sites for hydroxylation is 1. The lowest BCUT2D eigenvalue weighted by Crippen LogP contribution is -2.36. The Labute approximate surface area is 141 Å². The number of pyridine rings is 1. The second-order valence-electron chi connectivity index (χ2n) is 6.71. The molecule has 126 valence electrons. The van der Waals surface area contributed by atoms with Crippen molar-refractivity contribution in [2.24, 2.45) is 0 Å². The number of para-hydroxylation sites is 1. The van der Waals surface area contributed by atoms with Crippen molar-refractivity contribution in [1.82, 2.24) is 10.3 Å². The summed E-state index contributed by atoms with van der Waals surface area (Å²) in [6, 6.07) is 7.42. The van der Waals surface area contributed by atoms with Crippen molar-refractivity contribution in [2.75, 3.05) is 11.5 Å². The van der Waals surface area contributed by atoms with Crippen molar-refractivity contribution in [3.63, 3.8) is 0 Å². The zero-order valence-electron chi connectivity index (χ0n) is 13.4. The fourth-order valence-electron chi connectivity index (χ4n) is 3.80. The third-order valence-corrected chi connectivity index (χ3v) is 6.73. The van der Waals surface area contributed by atoms with E-state index in [4.69, 9.17) is 4.98 Å². The Morgan fingerprint density at radius 1 is 1.17 bits per heavy atom. The first-order valence-electron chi connectivity index (χ1n) is 8.45. The van der Waals surface area contributed by atoms with Crippen molar-refractivity contribution in [3.05, 3.63) is 41.1 Å². The lowest BCUT2D eigenvalue weighted by Gasteiger charge is -2.21. The number of nitrogens with one attached hydrogen (secondary N) is 1. The molecule has 1 aromatic carbocycles. The van der Waals surface area contributed by atoms with E-state index in [1.165, 1.54) is 0 Å². The quantitative estimate of drug-likeness (QED) is 0.904. The van der Waals surface area contributed by atoms with Gasteiger partial charge in [-0.1, -0.05) is 18.2 Å². The SMILES string of the molecule is O=C(NC1CCS(=O)(=O)C1)c1c2c(nc3ccccc13)CCCC2. The van der Waals surface area contributed by atoms with E-state index < -0.39 is 9.84 Å². The zero-order chi connectivity index (χ0) is 16.7. The van der Waals surface area contributed by atoms with Crippen molar-refractivity contribution in [3.8, 4) is 0 Å². The van der Waals surface area contributed by atoms with Crippen LogP contribution in [0.2, 0.25) is 0 Å². The number of aromatic nitrogens is 1. The molecule has 2 heterocycles. The van der Waals surface area contributed by atoms with Crippen LogP contribution in [0.3, 0.4) is 0 Å². The number of hydrogen-bond donors (Lipinski definition) is 1. The van der Waals surface area contributed by atoms with Crippen LogP contribution in [0.5, 0.6) is 0 Å². The first kappa shape index (κ1) is 15.6. The average Bonchev–Trinajstić information content (AvgIpc) is 2.91. The number of sulfone groups is 1. The number of nitrogens with zero attached hydrogens (tertiary/aromatic N) is 1. The minimum atomic E-state index is -3.01. The van der Waals surface area contributed by atoms with Crippen molar-refractivity contribution < 1.29 is 13.2 Å². The summed E-state index contributed by atoms with van der Waals surface area (Å²) in [6.07, 6.45) is 4.42. The molecular weight excluding hydrogens is 324 g/mol. The van der Waals surface area contributed by atoms with Gasteiger partial charge in [-0.2, -0.15) is 0 Å². The summed E-state index contributed by atoms with van der Waals surface area (Å²) in [5, 5.41) is 3.81. The molecule has 0 spiro atoms. The van der Waals surface area contributed by atoms with Crippen LogP contribution < -0.4 is 5.32 Å². The van der Waals surface area contributed by atoms with Gasteiger partial charge in [0.25, 0.3) is 5.91 Å². The standard InChI is InChI=1S/C18H20N2O3S/c21-18(19-12-9-10-24(22,23)11-12)17-13-5-1-3-7-15(13)20-16-8-4-2-6-14(16)17/h1,3,5,7,12H,2,4,6,8-11H2,(H,19,21). The van der Waals surface area contributed by atoms with E-state index in [1.54, 1.807) is 0 Å². The lowest BCUT2D eigenvalue weighted by atomic mass is 9.89.